The third-order valence-corrected chi connectivity index (χ3v) is 6.87. The Morgan fingerprint density at radius 1 is 1.16 bits per heavy atom. The molecule has 2 amide bonds. The van der Waals surface area contributed by atoms with Gasteiger partial charge in [0.1, 0.15) is 23.5 Å². The Labute approximate surface area is 223 Å². The maximum atomic E-state index is 13.8. The van der Waals surface area contributed by atoms with Gasteiger partial charge < -0.3 is 34.5 Å². The van der Waals surface area contributed by atoms with Crippen LogP contribution in [0.3, 0.4) is 0 Å². The monoisotopic (exact) mass is 523 g/mol. The van der Waals surface area contributed by atoms with E-state index in [0.29, 0.717) is 50.6 Å². The lowest BCUT2D eigenvalue weighted by Gasteiger charge is -2.41. The lowest BCUT2D eigenvalue weighted by atomic mass is 9.78. The number of likely N-dealkylation sites (N-methyl/N-ethyl adjacent to an activating group) is 1. The van der Waals surface area contributed by atoms with Gasteiger partial charge in [0, 0.05) is 51.7 Å². The van der Waals surface area contributed by atoms with E-state index in [1.165, 1.54) is 4.90 Å². The second kappa shape index (κ2) is 11.8. The fourth-order valence-electron chi connectivity index (χ4n) is 4.53. The number of nitrogens with one attached hydrogen (secondary N) is 2. The highest BCUT2D eigenvalue weighted by Crippen LogP contribution is 2.37. The van der Waals surface area contributed by atoms with E-state index in [2.05, 4.69) is 30.1 Å². The number of ether oxygens (including phenoxy) is 2. The Morgan fingerprint density at radius 3 is 2.63 bits per heavy atom. The van der Waals surface area contributed by atoms with E-state index in [1.807, 2.05) is 27.2 Å². The van der Waals surface area contributed by atoms with Crippen molar-refractivity contribution in [1.82, 2.24) is 24.8 Å². The van der Waals surface area contributed by atoms with E-state index in [0.717, 1.165) is 29.0 Å². The van der Waals surface area contributed by atoms with E-state index in [4.69, 9.17) is 9.47 Å². The van der Waals surface area contributed by atoms with Crippen LogP contribution in [0.5, 0.6) is 5.75 Å². The average molecular weight is 524 g/mol. The lowest BCUT2D eigenvalue weighted by molar-refractivity contribution is -0.131. The van der Waals surface area contributed by atoms with Crippen LogP contribution < -0.4 is 15.0 Å². The molecule has 0 bridgehead atoms. The molecule has 0 saturated carbocycles. The summed E-state index contributed by atoms with van der Waals surface area (Å²) < 4.78 is 11.4. The van der Waals surface area contributed by atoms with Gasteiger partial charge in [-0.1, -0.05) is 6.07 Å². The minimum Gasteiger partial charge on any atom is -0.410 e. The third kappa shape index (κ3) is 6.22. The van der Waals surface area contributed by atoms with Crippen molar-refractivity contribution in [2.24, 2.45) is 5.41 Å². The lowest BCUT2D eigenvalue weighted by Crippen LogP contribution is -2.49. The van der Waals surface area contributed by atoms with Crippen molar-refractivity contribution >= 4 is 34.5 Å². The molecule has 0 unspecified atom stereocenters. The Balaban J connectivity index is 1.50. The maximum absolute atomic E-state index is 13.8. The topological polar surface area (TPSA) is 116 Å². The molecule has 38 heavy (non-hydrogen) atoms. The molecule has 0 spiro atoms. The summed E-state index contributed by atoms with van der Waals surface area (Å²) in [6.07, 6.45) is 4.23. The number of aryl methyl sites for hydroxylation is 1. The summed E-state index contributed by atoms with van der Waals surface area (Å²) in [6.45, 7) is 4.98. The van der Waals surface area contributed by atoms with E-state index < -0.39 is 11.5 Å². The highest BCUT2D eigenvalue weighted by Gasteiger charge is 2.42. The molecule has 4 rings (SSSR count). The number of anilines is 2. The molecule has 1 aromatic carbocycles. The number of carbonyl (C=O) groups is 2. The van der Waals surface area contributed by atoms with E-state index in [9.17, 15) is 9.59 Å². The average Bonchev–Trinajstić information content (AvgIpc) is 3.28. The molecule has 1 saturated heterocycles. The van der Waals surface area contributed by atoms with Crippen LogP contribution in [-0.4, -0.2) is 97.8 Å². The van der Waals surface area contributed by atoms with Gasteiger partial charge in [-0.3, -0.25) is 4.79 Å². The number of fused-ring (bicyclic) bond motifs is 1. The van der Waals surface area contributed by atoms with Crippen molar-refractivity contribution in [3.63, 3.8) is 0 Å². The summed E-state index contributed by atoms with van der Waals surface area (Å²) in [6, 6.07) is 6.87. The third-order valence-electron chi connectivity index (χ3n) is 6.87. The Hall–Kier alpha value is -3.70. The van der Waals surface area contributed by atoms with Crippen LogP contribution in [-0.2, 0) is 9.53 Å². The fraction of sp³-hybridized carbons (Fsp3) is 0.481. The first-order chi connectivity index (χ1) is 18.2. The quantitative estimate of drug-likeness (QED) is 0.411. The van der Waals surface area contributed by atoms with E-state index >= 15 is 0 Å². The van der Waals surface area contributed by atoms with Crippen molar-refractivity contribution < 1.29 is 19.1 Å². The number of amides is 2. The van der Waals surface area contributed by atoms with Crippen molar-refractivity contribution in [3.05, 3.63) is 42.4 Å². The zero-order chi connectivity index (χ0) is 27.3. The van der Waals surface area contributed by atoms with Gasteiger partial charge in [0.05, 0.1) is 24.0 Å². The number of H-pyrrole nitrogens is 1. The zero-order valence-electron chi connectivity index (χ0n) is 22.8. The number of benzene rings is 1. The van der Waals surface area contributed by atoms with Crippen molar-refractivity contribution in [1.29, 1.82) is 0 Å². The standard InChI is InChI=1S/C27H37N7O4/c1-19-16-28-23-22(19)24(30-18-29-23)34-11-9-27(10-12-34,17-37-14-13-32(2)3)25(35)31-20-7-6-8-21(15-20)38-26(36)33(4)5/h6-8,15-16,18H,9-14,17H2,1-5H3,(H,31,35)(H,28,29,30). The van der Waals surface area contributed by atoms with Crippen molar-refractivity contribution in [2.75, 3.05) is 71.3 Å². The summed E-state index contributed by atoms with van der Waals surface area (Å²) in [5, 5.41) is 4.06. The number of hydrogen-bond acceptors (Lipinski definition) is 8. The Morgan fingerprint density at radius 2 is 1.92 bits per heavy atom. The summed E-state index contributed by atoms with van der Waals surface area (Å²) >= 11 is 0. The van der Waals surface area contributed by atoms with Crippen LogP contribution in [0.2, 0.25) is 0 Å². The van der Waals surface area contributed by atoms with Gasteiger partial charge in [-0.15, -0.1) is 0 Å². The minimum absolute atomic E-state index is 0.108. The molecule has 204 valence electrons. The Kier molecular flexibility index (Phi) is 8.48. The van der Waals surface area contributed by atoms with Crippen LogP contribution in [0.15, 0.2) is 36.8 Å². The highest BCUT2D eigenvalue weighted by atomic mass is 16.6. The van der Waals surface area contributed by atoms with E-state index in [-0.39, 0.29) is 5.91 Å². The summed E-state index contributed by atoms with van der Waals surface area (Å²) in [5.74, 6) is 1.14. The molecule has 11 heteroatoms. The van der Waals surface area contributed by atoms with Gasteiger partial charge in [-0.05, 0) is 51.6 Å². The minimum atomic E-state index is -0.710. The molecular formula is C27H37N7O4. The molecule has 1 fully saturated rings. The number of nitrogens with zero attached hydrogens (tertiary/aromatic N) is 5. The van der Waals surface area contributed by atoms with Crippen LogP contribution in [0, 0.1) is 12.3 Å². The number of hydrogen-bond donors (Lipinski definition) is 2. The van der Waals surface area contributed by atoms with Gasteiger partial charge in [0.25, 0.3) is 0 Å². The molecule has 0 aliphatic carbocycles. The molecule has 3 heterocycles. The second-order valence-electron chi connectivity index (χ2n) is 10.3. The number of aromatic nitrogens is 3. The normalized spacial score (nSPS) is 15.1. The first kappa shape index (κ1) is 27.3. The second-order valence-corrected chi connectivity index (χ2v) is 10.3. The van der Waals surface area contributed by atoms with Crippen LogP contribution in [0.25, 0.3) is 11.0 Å². The van der Waals surface area contributed by atoms with Crippen molar-refractivity contribution in [2.45, 2.75) is 19.8 Å². The fourth-order valence-corrected chi connectivity index (χ4v) is 4.53. The van der Waals surface area contributed by atoms with Gasteiger partial charge in [-0.25, -0.2) is 14.8 Å². The number of carbonyl (C=O) groups excluding carboxylic acids is 2. The molecule has 0 atom stereocenters. The van der Waals surface area contributed by atoms with Gasteiger partial charge in [-0.2, -0.15) is 0 Å². The molecule has 2 N–H and O–H groups in total. The SMILES string of the molecule is Cc1c[nH]c2ncnc(N3CCC(COCCN(C)C)(C(=O)Nc4cccc(OC(=O)N(C)C)c4)CC3)c12. The molecule has 11 nitrogen and oxygen atoms in total. The predicted molar refractivity (Wildman–Crippen MR) is 147 cm³/mol. The smallest absolute Gasteiger partial charge is 0.410 e. The molecule has 2 aromatic heterocycles. The molecule has 1 aliphatic rings. The largest absolute Gasteiger partial charge is 0.414 e. The van der Waals surface area contributed by atoms with Crippen LogP contribution in [0.1, 0.15) is 18.4 Å². The van der Waals surface area contributed by atoms with Crippen molar-refractivity contribution in [3.8, 4) is 5.75 Å². The first-order valence-corrected chi connectivity index (χ1v) is 12.8. The summed E-state index contributed by atoms with van der Waals surface area (Å²) in [5.41, 5.74) is 1.75. The van der Waals surface area contributed by atoms with Gasteiger partial charge in [0.15, 0.2) is 0 Å². The van der Waals surface area contributed by atoms with Crippen LogP contribution >= 0.6 is 0 Å². The predicted octanol–water partition coefficient (Wildman–Crippen LogP) is 3.13. The molecular weight excluding hydrogens is 486 g/mol. The molecule has 3 aromatic rings. The van der Waals surface area contributed by atoms with E-state index in [1.54, 1.807) is 44.7 Å². The number of rotatable bonds is 9. The molecule has 0 radical (unpaired) electrons. The van der Waals surface area contributed by atoms with Gasteiger partial charge in [0.2, 0.25) is 5.91 Å². The molecule has 1 aliphatic heterocycles. The Bertz CT molecular complexity index is 1270. The van der Waals surface area contributed by atoms with Gasteiger partial charge >= 0.3 is 6.09 Å². The maximum Gasteiger partial charge on any atom is 0.414 e. The summed E-state index contributed by atoms with van der Waals surface area (Å²) in [4.78, 5) is 43.4. The number of piperidine rings is 1. The van der Waals surface area contributed by atoms with Crippen LogP contribution in [0.4, 0.5) is 16.3 Å². The zero-order valence-corrected chi connectivity index (χ0v) is 22.8. The number of aromatic amines is 1. The summed E-state index contributed by atoms with van der Waals surface area (Å²) in [7, 11) is 7.21. The first-order valence-electron chi connectivity index (χ1n) is 12.8. The highest BCUT2D eigenvalue weighted by molar-refractivity contribution is 5.96.